The number of aromatic nitrogens is 2. The molecule has 0 amide bonds. The van der Waals surface area contributed by atoms with Gasteiger partial charge in [-0.05, 0) is 55.9 Å². The van der Waals surface area contributed by atoms with Gasteiger partial charge in [0.2, 0.25) is 0 Å². The predicted molar refractivity (Wildman–Crippen MR) is 178 cm³/mol. The van der Waals surface area contributed by atoms with Crippen molar-refractivity contribution < 1.29 is 30.0 Å². The molecule has 1 aromatic heterocycles. The molecule has 237 valence electrons. The number of carbonyl (C=O) groups excluding carboxylic acids is 1. The Kier molecular flexibility index (Phi) is 18.2. The first-order valence-electron chi connectivity index (χ1n) is 15.9. The van der Waals surface area contributed by atoms with Crippen molar-refractivity contribution in [2.24, 2.45) is 11.8 Å². The van der Waals surface area contributed by atoms with Crippen molar-refractivity contribution in [3.05, 3.63) is 82.9 Å². The monoisotopic (exact) mass is 762 g/mol. The number of aliphatic hydroxyl groups is 1. The minimum absolute atomic E-state index is 0. The van der Waals surface area contributed by atoms with E-state index in [2.05, 4.69) is 68.0 Å². The van der Waals surface area contributed by atoms with Crippen molar-refractivity contribution in [1.29, 1.82) is 0 Å². The molecular weight excluding hydrogens is 709 g/mol. The van der Waals surface area contributed by atoms with Gasteiger partial charge in [-0.2, -0.15) is 0 Å². The van der Waals surface area contributed by atoms with Crippen LogP contribution in [-0.4, -0.2) is 20.9 Å². The van der Waals surface area contributed by atoms with E-state index in [1.54, 1.807) is 0 Å². The molecule has 1 N–H and O–H groups in total. The van der Waals surface area contributed by atoms with E-state index in [-0.39, 0.29) is 43.5 Å². The normalized spacial score (nSPS) is 11.3. The molecule has 43 heavy (non-hydrogen) atoms. The minimum atomic E-state index is -0.0316. The summed E-state index contributed by atoms with van der Waals surface area (Å²) in [6.07, 6.45) is 17.1. The second-order valence-corrected chi connectivity index (χ2v) is 12.2. The molecule has 0 fully saturated rings. The fraction of sp³-hybridized carbons (Fsp3) is 0.500. The fourth-order valence-electron chi connectivity index (χ4n) is 4.95. The zero-order valence-electron chi connectivity index (χ0n) is 27.7. The maximum atomic E-state index is 11.0. The largest absolute Gasteiger partial charge is 0.512 e. The first kappa shape index (κ1) is 38.4. The van der Waals surface area contributed by atoms with Gasteiger partial charge in [-0.1, -0.05) is 97.3 Å². The van der Waals surface area contributed by atoms with Crippen LogP contribution in [0.3, 0.4) is 0 Å². The van der Waals surface area contributed by atoms with E-state index in [1.165, 1.54) is 90.8 Å². The molecule has 4 nitrogen and oxygen atoms in total. The maximum Gasteiger partial charge on any atom is 0.161 e. The van der Waals surface area contributed by atoms with Gasteiger partial charge in [0.1, 0.15) is 0 Å². The van der Waals surface area contributed by atoms with E-state index in [4.69, 9.17) is 0 Å². The summed E-state index contributed by atoms with van der Waals surface area (Å²) in [4.78, 5) is 20.3. The molecule has 0 saturated heterocycles. The smallest absolute Gasteiger partial charge is 0.161 e. The summed E-state index contributed by atoms with van der Waals surface area (Å²) in [5.74, 6) is 0.914. The van der Waals surface area contributed by atoms with E-state index in [0.29, 0.717) is 0 Å². The Morgan fingerprint density at radius 2 is 1.42 bits per heavy atom. The number of unbranched alkanes of at least 4 members (excludes halogenated alkanes) is 7. The Bertz CT molecular complexity index is 1260. The van der Waals surface area contributed by atoms with Gasteiger partial charge < -0.3 is 5.11 Å². The van der Waals surface area contributed by atoms with Gasteiger partial charge in [-0.15, -0.1) is 35.4 Å². The number of nitrogens with zero attached hydrogens (tertiary/aromatic N) is 2. The number of carbonyl (C=O) groups is 1. The molecule has 0 aliphatic carbocycles. The Morgan fingerprint density at radius 3 is 1.95 bits per heavy atom. The van der Waals surface area contributed by atoms with E-state index >= 15 is 0 Å². The van der Waals surface area contributed by atoms with Crippen molar-refractivity contribution >= 4 is 5.78 Å². The van der Waals surface area contributed by atoms with Gasteiger partial charge in [-0.25, -0.2) is 0 Å². The second-order valence-electron chi connectivity index (χ2n) is 12.2. The average molecular weight is 762 g/mol. The van der Waals surface area contributed by atoms with Crippen molar-refractivity contribution in [3.63, 3.8) is 0 Å². The zero-order valence-corrected chi connectivity index (χ0v) is 30.1. The molecule has 0 spiro atoms. The molecule has 0 bridgehead atoms. The number of ketones is 1. The van der Waals surface area contributed by atoms with Crippen LogP contribution in [0, 0.1) is 38.7 Å². The summed E-state index contributed by atoms with van der Waals surface area (Å²) < 4.78 is 0. The van der Waals surface area contributed by atoms with Crippen LogP contribution in [0.4, 0.5) is 0 Å². The van der Waals surface area contributed by atoms with Gasteiger partial charge in [0.25, 0.3) is 0 Å². The van der Waals surface area contributed by atoms with Crippen LogP contribution < -0.4 is 0 Å². The van der Waals surface area contributed by atoms with E-state index in [0.717, 1.165) is 17.8 Å². The Labute approximate surface area is 275 Å². The van der Waals surface area contributed by atoms with Crippen LogP contribution in [0.25, 0.3) is 22.5 Å². The van der Waals surface area contributed by atoms with Crippen molar-refractivity contribution in [2.75, 3.05) is 0 Å². The summed E-state index contributed by atoms with van der Waals surface area (Å²) >= 11 is 0. The molecule has 3 aromatic rings. The fourth-order valence-corrected chi connectivity index (χ4v) is 4.95. The van der Waals surface area contributed by atoms with Crippen LogP contribution in [0.15, 0.2) is 54.6 Å². The molecule has 2 aromatic carbocycles. The topological polar surface area (TPSA) is 63.1 Å². The quantitative estimate of drug-likeness (QED) is 0.0769. The minimum Gasteiger partial charge on any atom is -0.512 e. The van der Waals surface area contributed by atoms with Crippen molar-refractivity contribution in [2.45, 2.75) is 113 Å². The number of hydrogen-bond acceptors (Lipinski definition) is 4. The van der Waals surface area contributed by atoms with Gasteiger partial charge >= 0.3 is 0 Å². The third kappa shape index (κ3) is 13.7. The first-order chi connectivity index (χ1) is 20.0. The van der Waals surface area contributed by atoms with Crippen molar-refractivity contribution in [3.8, 4) is 22.5 Å². The summed E-state index contributed by atoms with van der Waals surface area (Å²) in [6.45, 7) is 16.1. The van der Waals surface area contributed by atoms with Crippen LogP contribution in [0.2, 0.25) is 0 Å². The van der Waals surface area contributed by atoms with Gasteiger partial charge in [-0.3, -0.25) is 14.8 Å². The van der Waals surface area contributed by atoms with E-state index < -0.39 is 0 Å². The Morgan fingerprint density at radius 1 is 0.860 bits per heavy atom. The summed E-state index contributed by atoms with van der Waals surface area (Å²) in [5.41, 5.74) is 8.60. The average Bonchev–Trinajstić information content (AvgIpc) is 2.94. The summed E-state index contributed by atoms with van der Waals surface area (Å²) in [5, 5.41) is 9.19. The Hall–Kier alpha value is -2.62. The Balaban J connectivity index is 0.000000658. The van der Waals surface area contributed by atoms with E-state index in [9.17, 15) is 9.90 Å². The standard InChI is InChI=1S/C29H37N2.C9H16O2.Ir/c1-5-6-7-8-9-10-11-12-14-25-20-30-29(31-21-25)27-16-13-15-26(19-27)28-23(3)17-22(2)18-24(28)4;1-6(2)8(10)5-9(11)7(3)4;/h13,15,17-21H,5-12,14H2,1-4H3;5-7,10H,1-4H3;/q-1;;. The molecule has 0 aliphatic rings. The molecule has 0 saturated carbocycles. The third-order valence-corrected chi connectivity index (χ3v) is 7.48. The number of allylic oxidation sites excluding steroid dienone is 2. The number of aliphatic hydroxyl groups excluding tert-OH is 1. The molecule has 0 unspecified atom stereocenters. The first-order valence-corrected chi connectivity index (χ1v) is 15.9. The van der Waals surface area contributed by atoms with Crippen molar-refractivity contribution in [1.82, 2.24) is 9.97 Å². The van der Waals surface area contributed by atoms with Crippen LogP contribution in [0.1, 0.15) is 108 Å². The molecule has 0 atom stereocenters. The summed E-state index contributed by atoms with van der Waals surface area (Å²) in [6, 6.07) is 14.1. The molecule has 1 heterocycles. The molecule has 5 heteroatoms. The maximum absolute atomic E-state index is 11.0. The van der Waals surface area contributed by atoms with Gasteiger partial charge in [0.05, 0.1) is 11.6 Å². The number of rotatable bonds is 14. The van der Waals surface area contributed by atoms with E-state index in [1.807, 2.05) is 46.2 Å². The molecule has 0 aliphatic heterocycles. The van der Waals surface area contributed by atoms with Crippen LogP contribution in [-0.2, 0) is 31.3 Å². The van der Waals surface area contributed by atoms with Crippen LogP contribution in [0.5, 0.6) is 0 Å². The molecular formula is C38H53IrN2O2-. The number of hydrogen-bond donors (Lipinski definition) is 1. The number of aryl methyl sites for hydroxylation is 4. The van der Waals surface area contributed by atoms with Crippen LogP contribution >= 0.6 is 0 Å². The number of benzene rings is 2. The zero-order chi connectivity index (χ0) is 31.1. The SMILES string of the molecule is CC(C)C(=O)C=C(O)C(C)C.CCCCCCCCCCc1cnc(-c2[c-]ccc(-c3c(C)cc(C)cc3C)c2)nc1.[Ir]. The molecule has 3 rings (SSSR count). The predicted octanol–water partition coefficient (Wildman–Crippen LogP) is 10.5. The summed E-state index contributed by atoms with van der Waals surface area (Å²) in [7, 11) is 0. The molecule has 1 radical (unpaired) electrons. The van der Waals surface area contributed by atoms with Gasteiger partial charge in [0, 0.05) is 50.4 Å². The van der Waals surface area contributed by atoms with Gasteiger partial charge in [0.15, 0.2) is 5.78 Å². The third-order valence-electron chi connectivity index (χ3n) is 7.48. The second kappa shape index (κ2) is 20.4.